The SMILES string of the molecule is CC(c1cnn(C)c1)n1cnc(-c2ccc(F)cc2)c1-c1ccnc2[nH]ccc12. The Hall–Kier alpha value is -3.74. The van der Waals surface area contributed by atoms with E-state index in [0.717, 1.165) is 39.1 Å². The molecule has 5 rings (SSSR count). The Morgan fingerprint density at radius 3 is 2.66 bits per heavy atom. The van der Waals surface area contributed by atoms with Crippen molar-refractivity contribution >= 4 is 11.0 Å². The molecule has 0 radical (unpaired) electrons. The monoisotopic (exact) mass is 386 g/mol. The summed E-state index contributed by atoms with van der Waals surface area (Å²) in [5.74, 6) is -0.268. The highest BCUT2D eigenvalue weighted by Crippen LogP contribution is 2.37. The number of aromatic nitrogens is 6. The maximum Gasteiger partial charge on any atom is 0.137 e. The molecule has 29 heavy (non-hydrogen) atoms. The van der Waals surface area contributed by atoms with Gasteiger partial charge in [-0.1, -0.05) is 0 Å². The number of halogens is 1. The highest BCUT2D eigenvalue weighted by molar-refractivity contribution is 5.95. The molecule has 0 aliphatic carbocycles. The van der Waals surface area contributed by atoms with Gasteiger partial charge < -0.3 is 9.55 Å². The highest BCUT2D eigenvalue weighted by atomic mass is 19.1. The maximum atomic E-state index is 13.5. The van der Waals surface area contributed by atoms with Crippen molar-refractivity contribution in [2.75, 3.05) is 0 Å². The fraction of sp³-hybridized carbons (Fsp3) is 0.136. The largest absolute Gasteiger partial charge is 0.346 e. The molecule has 0 fully saturated rings. The quantitative estimate of drug-likeness (QED) is 0.492. The predicted octanol–water partition coefficient (Wildman–Crippen LogP) is 4.58. The summed E-state index contributed by atoms with van der Waals surface area (Å²) in [6, 6.07) is 10.5. The molecular weight excluding hydrogens is 367 g/mol. The van der Waals surface area contributed by atoms with Crippen LogP contribution in [-0.2, 0) is 7.05 Å². The molecule has 7 heteroatoms. The van der Waals surface area contributed by atoms with Gasteiger partial charge in [0.15, 0.2) is 0 Å². The molecule has 6 nitrogen and oxygen atoms in total. The van der Waals surface area contributed by atoms with Crippen LogP contribution >= 0.6 is 0 Å². The van der Waals surface area contributed by atoms with Crippen molar-refractivity contribution in [2.45, 2.75) is 13.0 Å². The van der Waals surface area contributed by atoms with Gasteiger partial charge in [0.1, 0.15) is 11.5 Å². The number of nitrogens with zero attached hydrogens (tertiary/aromatic N) is 5. The number of nitrogens with one attached hydrogen (secondary N) is 1. The number of rotatable bonds is 4. The number of benzene rings is 1. The molecule has 4 aromatic heterocycles. The van der Waals surface area contributed by atoms with Gasteiger partial charge in [0.2, 0.25) is 0 Å². The van der Waals surface area contributed by atoms with Crippen LogP contribution in [0.3, 0.4) is 0 Å². The van der Waals surface area contributed by atoms with Crippen LogP contribution in [0.25, 0.3) is 33.5 Å². The normalized spacial score (nSPS) is 12.5. The molecule has 1 aromatic carbocycles. The van der Waals surface area contributed by atoms with Gasteiger partial charge in [0, 0.05) is 47.7 Å². The Bertz CT molecular complexity index is 1290. The van der Waals surface area contributed by atoms with Gasteiger partial charge in [-0.2, -0.15) is 5.10 Å². The molecule has 0 aliphatic heterocycles. The number of fused-ring (bicyclic) bond motifs is 1. The molecule has 0 amide bonds. The molecule has 0 saturated heterocycles. The minimum atomic E-state index is -0.268. The van der Waals surface area contributed by atoms with Crippen molar-refractivity contribution in [3.8, 4) is 22.5 Å². The van der Waals surface area contributed by atoms with Crippen molar-refractivity contribution in [1.82, 2.24) is 29.3 Å². The first kappa shape index (κ1) is 17.4. The summed E-state index contributed by atoms with van der Waals surface area (Å²) in [6.45, 7) is 2.12. The molecule has 0 spiro atoms. The van der Waals surface area contributed by atoms with Crippen LogP contribution in [0.2, 0.25) is 0 Å². The lowest BCUT2D eigenvalue weighted by Gasteiger charge is -2.17. The minimum Gasteiger partial charge on any atom is -0.346 e. The van der Waals surface area contributed by atoms with Gasteiger partial charge in [-0.25, -0.2) is 14.4 Å². The Morgan fingerprint density at radius 1 is 1.07 bits per heavy atom. The number of imidazole rings is 1. The van der Waals surface area contributed by atoms with Crippen molar-refractivity contribution in [2.24, 2.45) is 7.05 Å². The average molecular weight is 386 g/mol. The second-order valence-electron chi connectivity index (χ2n) is 7.08. The fourth-order valence-electron chi connectivity index (χ4n) is 3.72. The standard InChI is InChI=1S/C22H19FN6/c1-14(16-11-27-28(2)12-16)29-13-26-20(15-3-5-17(23)6-4-15)21(29)18-7-9-24-22-19(18)8-10-25-22/h3-14H,1-2H3,(H,24,25). The molecule has 4 heterocycles. The van der Waals surface area contributed by atoms with Crippen molar-refractivity contribution in [3.05, 3.63) is 78.9 Å². The lowest BCUT2D eigenvalue weighted by Crippen LogP contribution is -2.07. The predicted molar refractivity (Wildman–Crippen MR) is 110 cm³/mol. The smallest absolute Gasteiger partial charge is 0.137 e. The van der Waals surface area contributed by atoms with Gasteiger partial charge in [0.05, 0.1) is 30.0 Å². The molecule has 1 unspecified atom stereocenters. The molecule has 0 bridgehead atoms. The lowest BCUT2D eigenvalue weighted by atomic mass is 10.0. The Morgan fingerprint density at radius 2 is 1.90 bits per heavy atom. The van der Waals surface area contributed by atoms with Gasteiger partial charge in [-0.15, -0.1) is 0 Å². The molecule has 1 N–H and O–H groups in total. The van der Waals surface area contributed by atoms with Crippen molar-refractivity contribution < 1.29 is 4.39 Å². The molecule has 0 aliphatic rings. The molecule has 1 atom stereocenters. The van der Waals surface area contributed by atoms with Crippen molar-refractivity contribution in [1.29, 1.82) is 0 Å². The van der Waals surface area contributed by atoms with Gasteiger partial charge in [-0.3, -0.25) is 4.68 Å². The summed E-state index contributed by atoms with van der Waals surface area (Å²) < 4.78 is 17.4. The van der Waals surface area contributed by atoms with Gasteiger partial charge in [0.25, 0.3) is 0 Å². The number of pyridine rings is 1. The summed E-state index contributed by atoms with van der Waals surface area (Å²) in [5, 5.41) is 5.32. The zero-order valence-electron chi connectivity index (χ0n) is 16.0. The highest BCUT2D eigenvalue weighted by Gasteiger charge is 2.22. The third-order valence-electron chi connectivity index (χ3n) is 5.25. The Kier molecular flexibility index (Phi) is 4.01. The zero-order valence-corrected chi connectivity index (χ0v) is 16.0. The van der Waals surface area contributed by atoms with E-state index < -0.39 is 0 Å². The van der Waals surface area contributed by atoms with Crippen LogP contribution in [0.5, 0.6) is 0 Å². The molecule has 0 saturated carbocycles. The number of aryl methyl sites for hydroxylation is 1. The third-order valence-corrected chi connectivity index (χ3v) is 5.25. The van der Waals surface area contributed by atoms with E-state index in [0.29, 0.717) is 0 Å². The number of hydrogen-bond acceptors (Lipinski definition) is 3. The first-order chi connectivity index (χ1) is 14.1. The van der Waals surface area contributed by atoms with Crippen LogP contribution in [0.1, 0.15) is 18.5 Å². The van der Waals surface area contributed by atoms with Gasteiger partial charge >= 0.3 is 0 Å². The van der Waals surface area contributed by atoms with E-state index in [1.54, 1.807) is 23.0 Å². The summed E-state index contributed by atoms with van der Waals surface area (Å²) in [7, 11) is 1.90. The summed E-state index contributed by atoms with van der Waals surface area (Å²) in [4.78, 5) is 12.3. The van der Waals surface area contributed by atoms with E-state index in [2.05, 4.69) is 26.6 Å². The summed E-state index contributed by atoms with van der Waals surface area (Å²) >= 11 is 0. The van der Waals surface area contributed by atoms with Crippen LogP contribution in [-0.4, -0.2) is 29.3 Å². The topological polar surface area (TPSA) is 64.3 Å². The van der Waals surface area contributed by atoms with Gasteiger partial charge in [-0.05, 0) is 43.3 Å². The summed E-state index contributed by atoms with van der Waals surface area (Å²) in [6.07, 6.45) is 9.37. The fourth-order valence-corrected chi connectivity index (χ4v) is 3.72. The van der Waals surface area contributed by atoms with Crippen LogP contribution < -0.4 is 0 Å². The van der Waals surface area contributed by atoms with E-state index in [-0.39, 0.29) is 11.9 Å². The molecule has 5 aromatic rings. The number of hydrogen-bond donors (Lipinski definition) is 1. The lowest BCUT2D eigenvalue weighted by molar-refractivity contribution is 0.628. The van der Waals surface area contributed by atoms with E-state index in [4.69, 9.17) is 4.98 Å². The number of H-pyrrole nitrogens is 1. The molecular formula is C22H19FN6. The first-order valence-electron chi connectivity index (χ1n) is 9.35. The van der Waals surface area contributed by atoms with Crippen LogP contribution in [0.4, 0.5) is 4.39 Å². The van der Waals surface area contributed by atoms with E-state index in [1.165, 1.54) is 12.1 Å². The first-order valence-corrected chi connectivity index (χ1v) is 9.35. The number of aromatic amines is 1. The zero-order chi connectivity index (χ0) is 20.0. The Balaban J connectivity index is 1.76. The minimum absolute atomic E-state index is 0.0163. The average Bonchev–Trinajstić information content (AvgIpc) is 3.46. The van der Waals surface area contributed by atoms with Crippen LogP contribution in [0, 0.1) is 5.82 Å². The van der Waals surface area contributed by atoms with E-state index in [9.17, 15) is 4.39 Å². The van der Waals surface area contributed by atoms with Crippen molar-refractivity contribution in [3.63, 3.8) is 0 Å². The third kappa shape index (κ3) is 2.91. The summed E-state index contributed by atoms with van der Waals surface area (Å²) in [5.41, 5.74) is 5.53. The molecule has 144 valence electrons. The maximum absolute atomic E-state index is 13.5. The second-order valence-corrected chi connectivity index (χ2v) is 7.08. The Labute approximate surface area is 166 Å². The van der Waals surface area contributed by atoms with E-state index in [1.807, 2.05) is 44.1 Å². The van der Waals surface area contributed by atoms with E-state index >= 15 is 0 Å². The second kappa shape index (κ2) is 6.70. The van der Waals surface area contributed by atoms with Crippen LogP contribution in [0.15, 0.2) is 67.5 Å².